The number of rotatable bonds is 5. The van der Waals surface area contributed by atoms with Crippen molar-refractivity contribution in [3.05, 3.63) is 94.7 Å². The van der Waals surface area contributed by atoms with Gasteiger partial charge in [-0.05, 0) is 36.4 Å². The predicted molar refractivity (Wildman–Crippen MR) is 116 cm³/mol. The lowest BCUT2D eigenvalue weighted by Crippen LogP contribution is -2.25. The molecule has 0 aliphatic carbocycles. The number of hydrogen-bond donors (Lipinski definition) is 1. The minimum atomic E-state index is -4.01. The lowest BCUT2D eigenvalue weighted by molar-refractivity contribution is 0.591. The average Bonchev–Trinajstić information content (AvgIpc) is 3.05. The number of benzene rings is 3. The fourth-order valence-corrected chi connectivity index (χ4v) is 4.11. The highest BCUT2D eigenvalue weighted by Gasteiger charge is 2.24. The van der Waals surface area contributed by atoms with E-state index in [0.717, 1.165) is 4.79 Å². The first kappa shape index (κ1) is 20.4. The molecular formula is C21H14Cl2FN3O2S. The minimum Gasteiger partial charge on any atom is -0.202 e. The van der Waals surface area contributed by atoms with Crippen LogP contribution in [0.4, 0.5) is 4.39 Å². The minimum absolute atomic E-state index is 0.0209. The highest BCUT2D eigenvalue weighted by atomic mass is 35.5. The van der Waals surface area contributed by atoms with Gasteiger partial charge in [-0.1, -0.05) is 65.7 Å². The van der Waals surface area contributed by atoms with Crippen LogP contribution in [0.5, 0.6) is 0 Å². The summed E-state index contributed by atoms with van der Waals surface area (Å²) in [5, 5.41) is 5.15. The number of sulfonamides is 1. The molecule has 0 aliphatic heterocycles. The highest BCUT2D eigenvalue weighted by molar-refractivity contribution is 7.92. The molecular weight excluding hydrogens is 448 g/mol. The molecule has 0 saturated carbocycles. The largest absolute Gasteiger partial charge is 0.276 e. The molecule has 0 saturated heterocycles. The van der Waals surface area contributed by atoms with Crippen LogP contribution in [0, 0.1) is 5.82 Å². The van der Waals surface area contributed by atoms with E-state index in [1.165, 1.54) is 12.1 Å². The second-order valence-corrected chi connectivity index (χ2v) is 8.88. The van der Waals surface area contributed by atoms with Crippen LogP contribution in [-0.4, -0.2) is 18.3 Å². The smallest absolute Gasteiger partial charge is 0.202 e. The fraction of sp³-hybridized carbons (Fsp3) is 0. The van der Waals surface area contributed by atoms with Gasteiger partial charge < -0.3 is 0 Å². The van der Waals surface area contributed by atoms with Crippen molar-refractivity contribution >= 4 is 33.2 Å². The average molecular weight is 462 g/mol. The maximum atomic E-state index is 15.5. The van der Waals surface area contributed by atoms with Crippen LogP contribution in [0.25, 0.3) is 22.5 Å². The lowest BCUT2D eigenvalue weighted by atomic mass is 10.1. The van der Waals surface area contributed by atoms with Crippen molar-refractivity contribution in [2.24, 2.45) is 0 Å². The van der Waals surface area contributed by atoms with Crippen molar-refractivity contribution in [2.45, 2.75) is 4.90 Å². The molecule has 30 heavy (non-hydrogen) atoms. The Balaban J connectivity index is 1.87. The van der Waals surface area contributed by atoms with Gasteiger partial charge in [0, 0.05) is 21.2 Å². The van der Waals surface area contributed by atoms with Gasteiger partial charge in [-0.25, -0.2) is 4.39 Å². The zero-order chi connectivity index (χ0) is 21.3. The van der Waals surface area contributed by atoms with E-state index in [2.05, 4.69) is 9.93 Å². The zero-order valence-electron chi connectivity index (χ0n) is 15.3. The molecule has 0 atom stereocenters. The number of nitrogens with one attached hydrogen (secondary N) is 1. The van der Waals surface area contributed by atoms with Gasteiger partial charge in [0.1, 0.15) is 11.4 Å². The van der Waals surface area contributed by atoms with E-state index in [1.807, 2.05) is 0 Å². The molecule has 9 heteroatoms. The molecule has 1 N–H and O–H groups in total. The van der Waals surface area contributed by atoms with Crippen LogP contribution in [0.1, 0.15) is 0 Å². The van der Waals surface area contributed by atoms with Crippen molar-refractivity contribution < 1.29 is 12.8 Å². The van der Waals surface area contributed by atoms with Gasteiger partial charge in [-0.3, -0.25) is 0 Å². The summed E-state index contributed by atoms with van der Waals surface area (Å²) in [7, 11) is -4.01. The molecule has 4 rings (SSSR count). The summed E-state index contributed by atoms with van der Waals surface area (Å²) >= 11 is 11.9. The molecule has 1 heterocycles. The third kappa shape index (κ3) is 4.05. The number of hydrogen-bond acceptors (Lipinski definition) is 3. The predicted octanol–water partition coefficient (Wildman–Crippen LogP) is 5.60. The maximum Gasteiger partial charge on any atom is 0.276 e. The van der Waals surface area contributed by atoms with E-state index in [9.17, 15) is 8.42 Å². The van der Waals surface area contributed by atoms with E-state index in [1.54, 1.807) is 66.7 Å². The van der Waals surface area contributed by atoms with Crippen LogP contribution >= 0.6 is 23.2 Å². The number of nitrogens with zero attached hydrogens (tertiary/aromatic N) is 2. The summed E-state index contributed by atoms with van der Waals surface area (Å²) in [6.45, 7) is 0. The number of aromatic nitrogens is 2. The van der Waals surface area contributed by atoms with Gasteiger partial charge in [-0.15, -0.1) is 5.10 Å². The first-order valence-corrected chi connectivity index (χ1v) is 11.0. The Kier molecular flexibility index (Phi) is 5.51. The summed E-state index contributed by atoms with van der Waals surface area (Å²) < 4.78 is 41.1. The standard InChI is InChI=1S/C21H14Cl2FN3O2S/c22-16-10-6-14(7-11-16)20-19(24)21(15-8-12-17(23)13-9-15)27(25-20)26-30(28,29)18-4-2-1-3-5-18/h1-13,26H. The maximum absolute atomic E-state index is 15.5. The third-order valence-corrected chi connectivity index (χ3v) is 6.13. The molecule has 5 nitrogen and oxygen atoms in total. The molecule has 0 radical (unpaired) electrons. The van der Waals surface area contributed by atoms with E-state index in [4.69, 9.17) is 23.2 Å². The Morgan fingerprint density at radius 3 is 1.90 bits per heavy atom. The molecule has 1 aromatic heterocycles. The molecule has 0 unspecified atom stereocenters. The summed E-state index contributed by atoms with van der Waals surface area (Å²) in [5.74, 6) is -0.685. The highest BCUT2D eigenvalue weighted by Crippen LogP contribution is 2.32. The third-order valence-electron chi connectivity index (χ3n) is 4.32. The quantitative estimate of drug-likeness (QED) is 0.420. The molecule has 0 aliphatic rings. The van der Waals surface area contributed by atoms with Crippen molar-refractivity contribution in [1.82, 2.24) is 9.89 Å². The molecule has 0 fully saturated rings. The molecule has 0 amide bonds. The first-order valence-electron chi connectivity index (χ1n) is 8.73. The Hall–Kier alpha value is -2.87. The van der Waals surface area contributed by atoms with E-state index < -0.39 is 15.8 Å². The van der Waals surface area contributed by atoms with Gasteiger partial charge in [-0.2, -0.15) is 18.0 Å². The van der Waals surface area contributed by atoms with Crippen molar-refractivity contribution in [3.63, 3.8) is 0 Å². The second kappa shape index (κ2) is 8.10. The monoisotopic (exact) mass is 461 g/mol. The van der Waals surface area contributed by atoms with Gasteiger partial charge >= 0.3 is 0 Å². The zero-order valence-corrected chi connectivity index (χ0v) is 17.6. The molecule has 3 aromatic carbocycles. The summed E-state index contributed by atoms with van der Waals surface area (Å²) in [4.78, 5) is 3.28. The Bertz CT molecular complexity index is 1290. The van der Waals surface area contributed by atoms with E-state index in [-0.39, 0.29) is 16.3 Å². The van der Waals surface area contributed by atoms with Gasteiger partial charge in [0.25, 0.3) is 10.0 Å². The van der Waals surface area contributed by atoms with Gasteiger partial charge in [0.05, 0.1) is 4.90 Å². The Morgan fingerprint density at radius 2 is 1.33 bits per heavy atom. The van der Waals surface area contributed by atoms with Crippen LogP contribution in [0.2, 0.25) is 10.0 Å². The SMILES string of the molecule is O=S(=O)(Nn1nc(-c2ccc(Cl)cc2)c(F)c1-c1ccc(Cl)cc1)c1ccccc1. The first-order chi connectivity index (χ1) is 14.3. The van der Waals surface area contributed by atoms with Crippen molar-refractivity contribution in [3.8, 4) is 22.5 Å². The summed E-state index contributed by atoms with van der Waals surface area (Å²) in [5.41, 5.74) is 0.786. The summed E-state index contributed by atoms with van der Waals surface area (Å²) in [6, 6.07) is 20.5. The lowest BCUT2D eigenvalue weighted by Gasteiger charge is -2.11. The summed E-state index contributed by atoms with van der Waals surface area (Å²) in [6.07, 6.45) is 0. The molecule has 152 valence electrons. The Labute approximate surface area is 182 Å². The second-order valence-electron chi connectivity index (χ2n) is 6.34. The number of halogens is 3. The van der Waals surface area contributed by atoms with Gasteiger partial charge in [0.15, 0.2) is 5.82 Å². The topological polar surface area (TPSA) is 64.0 Å². The van der Waals surface area contributed by atoms with Crippen LogP contribution in [-0.2, 0) is 10.0 Å². The fourth-order valence-electron chi connectivity index (χ4n) is 2.88. The van der Waals surface area contributed by atoms with Crippen molar-refractivity contribution in [1.29, 1.82) is 0 Å². The van der Waals surface area contributed by atoms with Crippen molar-refractivity contribution in [2.75, 3.05) is 4.83 Å². The van der Waals surface area contributed by atoms with E-state index in [0.29, 0.717) is 21.2 Å². The normalized spacial score (nSPS) is 11.4. The van der Waals surface area contributed by atoms with Crippen LogP contribution in [0.15, 0.2) is 83.8 Å². The van der Waals surface area contributed by atoms with Gasteiger partial charge in [0.2, 0.25) is 0 Å². The molecule has 4 aromatic rings. The van der Waals surface area contributed by atoms with Crippen LogP contribution in [0.3, 0.4) is 0 Å². The van der Waals surface area contributed by atoms with Crippen LogP contribution < -0.4 is 4.83 Å². The molecule has 0 bridgehead atoms. The molecule has 0 spiro atoms. The Morgan fingerprint density at radius 1 is 0.800 bits per heavy atom. The van der Waals surface area contributed by atoms with E-state index >= 15 is 4.39 Å².